The van der Waals surface area contributed by atoms with Crippen molar-refractivity contribution in [2.24, 2.45) is 5.92 Å². The molecule has 2 nitrogen and oxygen atoms in total. The Hall–Kier alpha value is -1.69. The summed E-state index contributed by atoms with van der Waals surface area (Å²) in [6, 6.07) is 7.29. The van der Waals surface area contributed by atoms with Crippen LogP contribution in [0.1, 0.15) is 23.7 Å². The normalized spacial score (nSPS) is 11.8. The summed E-state index contributed by atoms with van der Waals surface area (Å²) in [4.78, 5) is 11.6. The van der Waals surface area contributed by atoms with E-state index in [1.807, 2.05) is 6.07 Å². The number of ketones is 1. The predicted molar refractivity (Wildman–Crippen MR) is 50.1 cm³/mol. The Morgan fingerprint density at radius 3 is 2.57 bits per heavy atom. The first-order valence-corrected chi connectivity index (χ1v) is 4.32. The van der Waals surface area contributed by atoms with Crippen molar-refractivity contribution in [2.45, 2.75) is 13.3 Å². The molecule has 72 valence electrons. The van der Waals surface area contributed by atoms with Crippen molar-refractivity contribution in [3.63, 3.8) is 0 Å². The van der Waals surface area contributed by atoms with E-state index < -0.39 is 0 Å². The van der Waals surface area contributed by atoms with Gasteiger partial charge in [-0.3, -0.25) is 4.79 Å². The molecule has 1 aromatic rings. The highest BCUT2D eigenvalue weighted by Gasteiger charge is 2.14. The fraction of sp³-hybridized carbons (Fsp3) is 0.273. The fourth-order valence-electron chi connectivity index (χ4n) is 1.13. The summed E-state index contributed by atoms with van der Waals surface area (Å²) >= 11 is 0. The smallest absolute Gasteiger partial charge is 0.166 e. The van der Waals surface area contributed by atoms with Crippen molar-refractivity contribution >= 4 is 5.78 Å². The minimum atomic E-state index is -0.366. The monoisotopic (exact) mass is 191 g/mol. The predicted octanol–water partition coefficient (Wildman–Crippen LogP) is 2.56. The maximum atomic E-state index is 12.5. The maximum Gasteiger partial charge on any atom is 0.166 e. The van der Waals surface area contributed by atoms with Gasteiger partial charge in [0.25, 0.3) is 0 Å². The lowest BCUT2D eigenvalue weighted by Gasteiger charge is -2.05. The third-order valence-electron chi connectivity index (χ3n) is 1.97. The number of carbonyl (C=O) groups excluding carboxylic acids is 1. The van der Waals surface area contributed by atoms with Crippen LogP contribution >= 0.6 is 0 Å². The van der Waals surface area contributed by atoms with E-state index in [0.717, 1.165) is 0 Å². The number of hydrogen-bond acceptors (Lipinski definition) is 2. The Labute approximate surface area is 82.0 Å². The van der Waals surface area contributed by atoms with Crippen LogP contribution in [0.15, 0.2) is 24.3 Å². The van der Waals surface area contributed by atoms with Gasteiger partial charge in [-0.15, -0.1) is 0 Å². The molecule has 0 aliphatic rings. The minimum Gasteiger partial charge on any atom is -0.294 e. The van der Waals surface area contributed by atoms with Crippen LogP contribution in [0, 0.1) is 23.1 Å². The number of Topliss-reactive ketones (excluding diaryl/α,β-unsaturated/α-hetero) is 1. The molecule has 0 fully saturated rings. The van der Waals surface area contributed by atoms with Crippen molar-refractivity contribution < 1.29 is 9.18 Å². The quantitative estimate of drug-likeness (QED) is 0.689. The van der Waals surface area contributed by atoms with Crippen LogP contribution in [0.5, 0.6) is 0 Å². The zero-order valence-corrected chi connectivity index (χ0v) is 7.83. The summed E-state index contributed by atoms with van der Waals surface area (Å²) < 4.78 is 12.5. The molecule has 0 saturated heterocycles. The highest BCUT2D eigenvalue weighted by atomic mass is 19.1. The van der Waals surface area contributed by atoms with Gasteiger partial charge in [-0.05, 0) is 24.3 Å². The van der Waals surface area contributed by atoms with Gasteiger partial charge in [0.15, 0.2) is 5.78 Å². The topological polar surface area (TPSA) is 40.9 Å². The van der Waals surface area contributed by atoms with Gasteiger partial charge in [0, 0.05) is 17.9 Å². The first-order valence-electron chi connectivity index (χ1n) is 4.32. The summed E-state index contributed by atoms with van der Waals surface area (Å²) in [5.74, 6) is -0.813. The molecule has 0 aromatic heterocycles. The van der Waals surface area contributed by atoms with E-state index in [4.69, 9.17) is 5.26 Å². The highest BCUT2D eigenvalue weighted by Crippen LogP contribution is 2.12. The third-order valence-corrected chi connectivity index (χ3v) is 1.97. The molecule has 0 aliphatic carbocycles. The van der Waals surface area contributed by atoms with Crippen molar-refractivity contribution in [3.05, 3.63) is 35.6 Å². The van der Waals surface area contributed by atoms with Crippen molar-refractivity contribution in [1.29, 1.82) is 5.26 Å². The first-order chi connectivity index (χ1) is 6.65. The summed E-state index contributed by atoms with van der Waals surface area (Å²) in [6.07, 6.45) is 0.191. The van der Waals surface area contributed by atoms with Gasteiger partial charge in [-0.2, -0.15) is 5.26 Å². The molecule has 0 heterocycles. The zero-order chi connectivity index (χ0) is 10.6. The molecular formula is C11H10FNO. The largest absolute Gasteiger partial charge is 0.294 e. The van der Waals surface area contributed by atoms with Gasteiger partial charge in [0.05, 0.1) is 6.07 Å². The molecule has 1 rings (SSSR count). The molecule has 0 aliphatic heterocycles. The van der Waals surface area contributed by atoms with Crippen LogP contribution in [-0.2, 0) is 0 Å². The van der Waals surface area contributed by atoms with Gasteiger partial charge in [-0.25, -0.2) is 4.39 Å². The van der Waals surface area contributed by atoms with Crippen LogP contribution in [-0.4, -0.2) is 5.78 Å². The summed E-state index contributed by atoms with van der Waals surface area (Å²) in [5.41, 5.74) is 0.453. The molecule has 1 aromatic carbocycles. The fourth-order valence-corrected chi connectivity index (χ4v) is 1.13. The second-order valence-electron chi connectivity index (χ2n) is 3.13. The summed E-state index contributed by atoms with van der Waals surface area (Å²) in [5, 5.41) is 8.41. The molecule has 1 atom stereocenters. The van der Waals surface area contributed by atoms with Gasteiger partial charge in [0.1, 0.15) is 5.82 Å². The Kier molecular flexibility index (Phi) is 3.35. The molecule has 14 heavy (non-hydrogen) atoms. The maximum absolute atomic E-state index is 12.5. The number of halogens is 1. The van der Waals surface area contributed by atoms with E-state index in [-0.39, 0.29) is 23.9 Å². The van der Waals surface area contributed by atoms with Crippen molar-refractivity contribution in [3.8, 4) is 6.07 Å². The Bertz CT molecular complexity index is 364. The number of hydrogen-bond donors (Lipinski definition) is 0. The van der Waals surface area contributed by atoms with Gasteiger partial charge >= 0.3 is 0 Å². The first kappa shape index (κ1) is 10.4. The van der Waals surface area contributed by atoms with Crippen LogP contribution in [0.25, 0.3) is 0 Å². The summed E-state index contributed by atoms with van der Waals surface area (Å²) in [6.45, 7) is 1.69. The van der Waals surface area contributed by atoms with Crippen LogP contribution < -0.4 is 0 Å². The van der Waals surface area contributed by atoms with Gasteiger partial charge < -0.3 is 0 Å². The van der Waals surface area contributed by atoms with E-state index in [1.54, 1.807) is 6.92 Å². The van der Waals surface area contributed by atoms with E-state index >= 15 is 0 Å². The SMILES string of the molecule is CC(CC#N)C(=O)c1ccc(F)cc1. The van der Waals surface area contributed by atoms with E-state index in [2.05, 4.69) is 0 Å². The van der Waals surface area contributed by atoms with E-state index in [9.17, 15) is 9.18 Å². The lowest BCUT2D eigenvalue weighted by atomic mass is 9.97. The average Bonchev–Trinajstić information content (AvgIpc) is 2.18. The van der Waals surface area contributed by atoms with E-state index in [1.165, 1.54) is 24.3 Å². The van der Waals surface area contributed by atoms with Crippen molar-refractivity contribution in [1.82, 2.24) is 0 Å². The molecule has 0 N–H and O–H groups in total. The molecule has 1 unspecified atom stereocenters. The Morgan fingerprint density at radius 1 is 1.50 bits per heavy atom. The molecule has 0 bridgehead atoms. The standard InChI is InChI=1S/C11H10FNO/c1-8(6-7-13)11(14)9-2-4-10(12)5-3-9/h2-5,8H,6H2,1H3. The van der Waals surface area contributed by atoms with Crippen molar-refractivity contribution in [2.75, 3.05) is 0 Å². The number of benzene rings is 1. The second-order valence-corrected chi connectivity index (χ2v) is 3.13. The Balaban J connectivity index is 2.80. The minimum absolute atomic E-state index is 0.119. The van der Waals surface area contributed by atoms with Crippen LogP contribution in [0.3, 0.4) is 0 Å². The molecule has 0 saturated carbocycles. The lowest BCUT2D eigenvalue weighted by Crippen LogP contribution is -2.10. The molecule has 3 heteroatoms. The molecular weight excluding hydrogens is 181 g/mol. The zero-order valence-electron chi connectivity index (χ0n) is 7.83. The number of nitrogens with zero attached hydrogens (tertiary/aromatic N) is 1. The van der Waals surface area contributed by atoms with Gasteiger partial charge in [-0.1, -0.05) is 6.92 Å². The highest BCUT2D eigenvalue weighted by molar-refractivity contribution is 5.97. The molecule has 0 amide bonds. The molecule has 0 spiro atoms. The lowest BCUT2D eigenvalue weighted by molar-refractivity contribution is 0.0932. The number of nitriles is 1. The average molecular weight is 191 g/mol. The second kappa shape index (κ2) is 4.52. The number of rotatable bonds is 3. The van der Waals surface area contributed by atoms with E-state index in [0.29, 0.717) is 5.56 Å². The van der Waals surface area contributed by atoms with Gasteiger partial charge in [0.2, 0.25) is 0 Å². The van der Waals surface area contributed by atoms with Crippen LogP contribution in [0.2, 0.25) is 0 Å². The summed E-state index contributed by atoms with van der Waals surface area (Å²) in [7, 11) is 0. The third kappa shape index (κ3) is 2.40. The number of carbonyl (C=O) groups is 1. The Morgan fingerprint density at radius 2 is 2.07 bits per heavy atom. The van der Waals surface area contributed by atoms with Crippen LogP contribution in [0.4, 0.5) is 4.39 Å². The molecule has 0 radical (unpaired) electrons.